The summed E-state index contributed by atoms with van der Waals surface area (Å²) in [7, 11) is -1.86. The Morgan fingerprint density at radius 2 is 1.81 bits per heavy atom. The number of hydrogen-bond acceptors (Lipinski definition) is 5. The van der Waals surface area contributed by atoms with Crippen molar-refractivity contribution in [2.24, 2.45) is 5.92 Å². The van der Waals surface area contributed by atoms with Gasteiger partial charge in [-0.15, -0.1) is 0 Å². The lowest BCUT2D eigenvalue weighted by molar-refractivity contribution is 0.430. The average molecular weight is 442 g/mol. The summed E-state index contributed by atoms with van der Waals surface area (Å²) in [6.07, 6.45) is 0.969. The molecule has 0 saturated carbocycles. The molecular weight excluding hydrogens is 410 g/mol. The van der Waals surface area contributed by atoms with E-state index in [-0.39, 0.29) is 10.8 Å². The van der Waals surface area contributed by atoms with E-state index in [1.807, 2.05) is 25.2 Å². The van der Waals surface area contributed by atoms with Gasteiger partial charge < -0.3 is 9.42 Å². The molecule has 0 aliphatic heterocycles. The summed E-state index contributed by atoms with van der Waals surface area (Å²) in [5.74, 6) is 0.682. The highest BCUT2D eigenvalue weighted by atomic mass is 32.2. The number of benzene rings is 2. The van der Waals surface area contributed by atoms with Crippen LogP contribution < -0.4 is 9.62 Å². The Labute approximate surface area is 185 Å². The fraction of sp³-hybridized carbons (Fsp3) is 0.375. The van der Waals surface area contributed by atoms with E-state index in [0.29, 0.717) is 22.7 Å². The van der Waals surface area contributed by atoms with Crippen LogP contribution in [0.3, 0.4) is 0 Å². The predicted octanol–water partition coefficient (Wildman–Crippen LogP) is 5.41. The molecule has 6 nitrogen and oxygen atoms in total. The van der Waals surface area contributed by atoms with Crippen LogP contribution in [0.25, 0.3) is 11.1 Å². The van der Waals surface area contributed by atoms with Gasteiger partial charge in [-0.2, -0.15) is 0 Å². The summed E-state index contributed by atoms with van der Waals surface area (Å²) in [4.78, 5) is 2.34. The number of aryl methyl sites for hydroxylation is 1. The van der Waals surface area contributed by atoms with Crippen molar-refractivity contribution in [2.45, 2.75) is 45.9 Å². The van der Waals surface area contributed by atoms with Crippen molar-refractivity contribution >= 4 is 21.6 Å². The first kappa shape index (κ1) is 22.9. The Balaban J connectivity index is 2.12. The fourth-order valence-electron chi connectivity index (χ4n) is 3.50. The molecule has 0 radical (unpaired) electrons. The zero-order chi connectivity index (χ0) is 22.8. The van der Waals surface area contributed by atoms with E-state index in [1.54, 1.807) is 26.0 Å². The summed E-state index contributed by atoms with van der Waals surface area (Å²) in [5, 5.41) is 3.85. The van der Waals surface area contributed by atoms with Crippen LogP contribution >= 0.6 is 0 Å². The summed E-state index contributed by atoms with van der Waals surface area (Å²) in [6.45, 7) is 10.8. The molecule has 0 amide bonds. The van der Waals surface area contributed by atoms with Gasteiger partial charge >= 0.3 is 0 Å². The van der Waals surface area contributed by atoms with Crippen molar-refractivity contribution in [2.75, 3.05) is 23.2 Å². The van der Waals surface area contributed by atoms with Crippen molar-refractivity contribution in [1.29, 1.82) is 0 Å². The van der Waals surface area contributed by atoms with Gasteiger partial charge in [-0.25, -0.2) is 13.1 Å². The van der Waals surface area contributed by atoms with Gasteiger partial charge in [0.25, 0.3) is 10.0 Å². The molecule has 1 aromatic heterocycles. The van der Waals surface area contributed by atoms with Gasteiger partial charge in [-0.05, 0) is 50.8 Å². The molecule has 0 unspecified atom stereocenters. The largest absolute Gasteiger partial charge is 0.374 e. The van der Waals surface area contributed by atoms with Crippen LogP contribution in [-0.2, 0) is 16.4 Å². The maximum atomic E-state index is 13.3. The molecule has 7 heteroatoms. The lowest BCUT2D eigenvalue weighted by atomic mass is 9.96. The second-order valence-corrected chi connectivity index (χ2v) is 9.94. The van der Waals surface area contributed by atoms with Gasteiger partial charge in [0.2, 0.25) is 5.88 Å². The monoisotopic (exact) mass is 441 g/mol. The summed E-state index contributed by atoms with van der Waals surface area (Å²) in [5.41, 5.74) is 5.10. The van der Waals surface area contributed by atoms with Gasteiger partial charge in [0.1, 0.15) is 0 Å². The molecule has 1 N–H and O–H groups in total. The highest BCUT2D eigenvalue weighted by Crippen LogP contribution is 2.36. The van der Waals surface area contributed by atoms with Gasteiger partial charge in [-0.3, -0.25) is 0 Å². The third-order valence-electron chi connectivity index (χ3n) is 5.44. The second kappa shape index (κ2) is 9.14. The SMILES string of the molecule is CCN(C)c1cc(CC(C)C)ccc1-c1ccccc1S(=O)(=O)Nc1onc(C)c1C. The molecule has 0 fully saturated rings. The molecule has 31 heavy (non-hydrogen) atoms. The average Bonchev–Trinajstić information content (AvgIpc) is 3.04. The molecule has 0 saturated heterocycles. The minimum atomic E-state index is -3.88. The third-order valence-corrected chi connectivity index (χ3v) is 6.83. The molecule has 3 rings (SSSR count). The van der Waals surface area contributed by atoms with Crippen molar-refractivity contribution in [3.63, 3.8) is 0 Å². The summed E-state index contributed by atoms with van der Waals surface area (Å²) in [6, 6.07) is 13.3. The van der Waals surface area contributed by atoms with Gasteiger partial charge in [0.05, 0.1) is 10.6 Å². The molecule has 0 atom stereocenters. The number of hydrogen-bond donors (Lipinski definition) is 1. The molecule has 0 aliphatic rings. The van der Waals surface area contributed by atoms with Crippen LogP contribution in [0.5, 0.6) is 0 Å². The highest BCUT2D eigenvalue weighted by molar-refractivity contribution is 7.92. The van der Waals surface area contributed by atoms with Crippen molar-refractivity contribution < 1.29 is 12.9 Å². The van der Waals surface area contributed by atoms with E-state index in [1.165, 1.54) is 5.56 Å². The van der Waals surface area contributed by atoms with E-state index in [2.05, 4.69) is 47.7 Å². The first-order valence-electron chi connectivity index (χ1n) is 10.5. The minimum absolute atomic E-state index is 0.144. The number of sulfonamides is 1. The van der Waals surface area contributed by atoms with Gasteiger partial charge in [0.15, 0.2) is 0 Å². The Kier molecular flexibility index (Phi) is 6.74. The highest BCUT2D eigenvalue weighted by Gasteiger charge is 2.24. The van der Waals surface area contributed by atoms with E-state index in [9.17, 15) is 8.42 Å². The zero-order valence-electron chi connectivity index (χ0n) is 19.1. The molecule has 1 heterocycles. The van der Waals surface area contributed by atoms with Crippen LogP contribution in [0.1, 0.15) is 37.6 Å². The van der Waals surface area contributed by atoms with Crippen molar-refractivity contribution in [3.8, 4) is 11.1 Å². The molecule has 0 bridgehead atoms. The van der Waals surface area contributed by atoms with E-state index in [4.69, 9.17) is 4.52 Å². The molecular formula is C24H31N3O3S. The van der Waals surface area contributed by atoms with Crippen molar-refractivity contribution in [3.05, 3.63) is 59.3 Å². The molecule has 2 aromatic carbocycles. The van der Waals surface area contributed by atoms with E-state index < -0.39 is 10.0 Å². The van der Waals surface area contributed by atoms with E-state index in [0.717, 1.165) is 24.2 Å². The Hall–Kier alpha value is -2.80. The Morgan fingerprint density at radius 3 is 2.42 bits per heavy atom. The number of rotatable bonds is 8. The van der Waals surface area contributed by atoms with Crippen LogP contribution in [0.15, 0.2) is 51.9 Å². The van der Waals surface area contributed by atoms with Crippen molar-refractivity contribution in [1.82, 2.24) is 5.16 Å². The smallest absolute Gasteiger partial charge is 0.264 e. The summed E-state index contributed by atoms with van der Waals surface area (Å²) < 4.78 is 34.4. The number of nitrogens with zero attached hydrogens (tertiary/aromatic N) is 2. The van der Waals surface area contributed by atoms with Crippen LogP contribution in [0, 0.1) is 19.8 Å². The number of aromatic nitrogens is 1. The molecule has 0 spiro atoms. The zero-order valence-corrected chi connectivity index (χ0v) is 19.9. The summed E-state index contributed by atoms with van der Waals surface area (Å²) >= 11 is 0. The third kappa shape index (κ3) is 4.93. The Bertz CT molecular complexity index is 1170. The van der Waals surface area contributed by atoms with Crippen LogP contribution in [0.4, 0.5) is 11.6 Å². The Morgan fingerprint density at radius 1 is 1.10 bits per heavy atom. The number of anilines is 2. The predicted molar refractivity (Wildman–Crippen MR) is 126 cm³/mol. The van der Waals surface area contributed by atoms with Gasteiger partial charge in [-0.1, -0.05) is 49.3 Å². The maximum Gasteiger partial charge on any atom is 0.264 e. The minimum Gasteiger partial charge on any atom is -0.374 e. The van der Waals surface area contributed by atoms with Crippen LogP contribution in [0.2, 0.25) is 0 Å². The maximum absolute atomic E-state index is 13.3. The lowest BCUT2D eigenvalue weighted by Crippen LogP contribution is -2.18. The fourth-order valence-corrected chi connectivity index (χ4v) is 4.77. The normalized spacial score (nSPS) is 11.7. The lowest BCUT2D eigenvalue weighted by Gasteiger charge is -2.23. The topological polar surface area (TPSA) is 75.4 Å². The van der Waals surface area contributed by atoms with Gasteiger partial charge in [0, 0.05) is 36.0 Å². The first-order chi connectivity index (χ1) is 14.6. The molecule has 0 aliphatic carbocycles. The molecule has 166 valence electrons. The second-order valence-electron chi connectivity index (χ2n) is 8.29. The standard InChI is InChI=1S/C24H31N3O3S/c1-7-27(6)22-15-19(14-16(2)3)12-13-20(22)21-10-8-9-11-23(21)31(28,29)26-24-17(4)18(5)25-30-24/h8-13,15-16,26H,7,14H2,1-6H3. The van der Waals surface area contributed by atoms with Crippen LogP contribution in [-0.4, -0.2) is 27.2 Å². The molecule has 3 aromatic rings. The number of nitrogens with one attached hydrogen (secondary N) is 1. The first-order valence-corrected chi connectivity index (χ1v) is 12.0. The van der Waals surface area contributed by atoms with E-state index >= 15 is 0 Å². The quantitative estimate of drug-likeness (QED) is 0.506.